The van der Waals surface area contributed by atoms with Crippen LogP contribution in [0.1, 0.15) is 24.0 Å². The third-order valence-corrected chi connectivity index (χ3v) is 4.87. The summed E-state index contributed by atoms with van der Waals surface area (Å²) in [5.41, 5.74) is 4.02. The molecule has 0 aliphatic carbocycles. The van der Waals surface area contributed by atoms with E-state index in [1.165, 1.54) is 12.8 Å². The number of halogens is 1. The monoisotopic (exact) mass is 327 g/mol. The van der Waals surface area contributed by atoms with Gasteiger partial charge in [-0.2, -0.15) is 0 Å². The Balaban J connectivity index is 1.91. The smallest absolute Gasteiger partial charge is 0.195 e. The topological polar surface area (TPSA) is 46.3 Å². The third kappa shape index (κ3) is 2.36. The van der Waals surface area contributed by atoms with Crippen LogP contribution in [0.15, 0.2) is 24.5 Å². The SMILES string of the molecule is Cc1cc(-c2nnc(N3CCCC3)c3nccn23)c(C)cc1Cl. The zero-order chi connectivity index (χ0) is 16.0. The van der Waals surface area contributed by atoms with E-state index in [0.29, 0.717) is 0 Å². The number of hydrogen-bond acceptors (Lipinski definition) is 4. The zero-order valence-corrected chi connectivity index (χ0v) is 14.0. The van der Waals surface area contributed by atoms with Gasteiger partial charge in [-0.25, -0.2) is 4.98 Å². The van der Waals surface area contributed by atoms with Crippen molar-refractivity contribution in [1.29, 1.82) is 0 Å². The first kappa shape index (κ1) is 14.5. The molecule has 4 rings (SSSR count). The lowest BCUT2D eigenvalue weighted by Crippen LogP contribution is -2.21. The Morgan fingerprint density at radius 3 is 2.61 bits per heavy atom. The fourth-order valence-electron chi connectivity index (χ4n) is 3.17. The molecular weight excluding hydrogens is 310 g/mol. The number of rotatable bonds is 2. The minimum absolute atomic E-state index is 0.773. The molecule has 23 heavy (non-hydrogen) atoms. The van der Waals surface area contributed by atoms with Crippen LogP contribution in [0.3, 0.4) is 0 Å². The van der Waals surface area contributed by atoms with E-state index in [4.69, 9.17) is 11.6 Å². The molecule has 0 N–H and O–H groups in total. The van der Waals surface area contributed by atoms with Gasteiger partial charge < -0.3 is 4.90 Å². The summed E-state index contributed by atoms with van der Waals surface area (Å²) in [6, 6.07) is 4.04. The predicted molar refractivity (Wildman–Crippen MR) is 92.1 cm³/mol. The normalized spacial score (nSPS) is 14.8. The summed E-state index contributed by atoms with van der Waals surface area (Å²) in [5, 5.41) is 9.78. The highest BCUT2D eigenvalue weighted by atomic mass is 35.5. The van der Waals surface area contributed by atoms with Crippen molar-refractivity contribution in [3.05, 3.63) is 40.7 Å². The molecule has 1 aliphatic heterocycles. The molecule has 2 aromatic heterocycles. The number of nitrogens with zero attached hydrogens (tertiary/aromatic N) is 5. The Labute approximate surface area is 139 Å². The average Bonchev–Trinajstić information content (AvgIpc) is 3.21. The number of hydrogen-bond donors (Lipinski definition) is 0. The highest BCUT2D eigenvalue weighted by Crippen LogP contribution is 2.30. The summed E-state index contributed by atoms with van der Waals surface area (Å²) in [4.78, 5) is 6.77. The number of benzene rings is 1. The number of aromatic nitrogens is 4. The summed E-state index contributed by atoms with van der Waals surface area (Å²) < 4.78 is 2.02. The lowest BCUT2D eigenvalue weighted by atomic mass is 10.0. The van der Waals surface area contributed by atoms with Crippen molar-refractivity contribution >= 4 is 23.1 Å². The summed E-state index contributed by atoms with van der Waals surface area (Å²) >= 11 is 6.22. The van der Waals surface area contributed by atoms with Gasteiger partial charge in [-0.3, -0.25) is 4.40 Å². The summed E-state index contributed by atoms with van der Waals surface area (Å²) in [6.45, 7) is 6.09. The molecule has 5 nitrogen and oxygen atoms in total. The van der Waals surface area contributed by atoms with Crippen molar-refractivity contribution in [2.24, 2.45) is 0 Å². The second kappa shape index (κ2) is 5.49. The molecule has 1 saturated heterocycles. The number of fused-ring (bicyclic) bond motifs is 1. The highest BCUT2D eigenvalue weighted by molar-refractivity contribution is 6.31. The quantitative estimate of drug-likeness (QED) is 0.720. The maximum Gasteiger partial charge on any atom is 0.195 e. The van der Waals surface area contributed by atoms with Crippen molar-refractivity contribution in [3.8, 4) is 11.4 Å². The maximum atomic E-state index is 6.22. The van der Waals surface area contributed by atoms with Crippen LogP contribution >= 0.6 is 11.6 Å². The van der Waals surface area contributed by atoms with Crippen LogP contribution < -0.4 is 4.90 Å². The van der Waals surface area contributed by atoms with Crippen LogP contribution in [0.25, 0.3) is 17.0 Å². The lowest BCUT2D eigenvalue weighted by Gasteiger charge is -2.17. The van der Waals surface area contributed by atoms with Crippen molar-refractivity contribution < 1.29 is 0 Å². The Morgan fingerprint density at radius 2 is 1.83 bits per heavy atom. The summed E-state index contributed by atoms with van der Waals surface area (Å²) in [6.07, 6.45) is 6.15. The van der Waals surface area contributed by atoms with Crippen LogP contribution in [0.2, 0.25) is 5.02 Å². The standard InChI is InChI=1S/C17H18ClN5/c1-11-10-14(18)12(2)9-13(11)15-20-21-17(22-6-3-4-7-22)16-19-5-8-23(15)16/h5,8-10H,3-4,6-7H2,1-2H3. The molecule has 0 unspecified atom stereocenters. The maximum absolute atomic E-state index is 6.22. The zero-order valence-electron chi connectivity index (χ0n) is 13.3. The Morgan fingerprint density at radius 1 is 1.04 bits per heavy atom. The number of anilines is 1. The minimum Gasteiger partial charge on any atom is -0.352 e. The molecule has 3 aromatic rings. The van der Waals surface area contributed by atoms with E-state index >= 15 is 0 Å². The van der Waals surface area contributed by atoms with Gasteiger partial charge in [-0.1, -0.05) is 11.6 Å². The molecule has 1 fully saturated rings. The molecule has 6 heteroatoms. The fraction of sp³-hybridized carbons (Fsp3) is 0.353. The van der Waals surface area contributed by atoms with Gasteiger partial charge in [-0.05, 0) is 49.9 Å². The van der Waals surface area contributed by atoms with Gasteiger partial charge in [0, 0.05) is 36.1 Å². The Kier molecular flexibility index (Phi) is 3.45. The van der Waals surface area contributed by atoms with Gasteiger partial charge >= 0.3 is 0 Å². The molecule has 0 atom stereocenters. The summed E-state index contributed by atoms with van der Waals surface area (Å²) in [5.74, 6) is 1.68. The Hall–Kier alpha value is -2.14. The van der Waals surface area contributed by atoms with Gasteiger partial charge in [0.15, 0.2) is 17.3 Å². The first-order valence-electron chi connectivity index (χ1n) is 7.87. The predicted octanol–water partition coefficient (Wildman–Crippen LogP) is 3.66. The molecule has 0 saturated carbocycles. The van der Waals surface area contributed by atoms with Crippen LogP contribution in [0.4, 0.5) is 5.82 Å². The van der Waals surface area contributed by atoms with Gasteiger partial charge in [0.25, 0.3) is 0 Å². The molecule has 1 aliphatic rings. The average molecular weight is 328 g/mol. The molecule has 0 bridgehead atoms. The van der Waals surface area contributed by atoms with Gasteiger partial charge in [0.2, 0.25) is 0 Å². The molecule has 1 aromatic carbocycles. The van der Waals surface area contributed by atoms with Gasteiger partial charge in [0.1, 0.15) is 0 Å². The van der Waals surface area contributed by atoms with Crippen LogP contribution in [-0.2, 0) is 0 Å². The van der Waals surface area contributed by atoms with E-state index in [-0.39, 0.29) is 0 Å². The van der Waals surface area contributed by atoms with Gasteiger partial charge in [-0.15, -0.1) is 10.2 Å². The van der Waals surface area contributed by atoms with Crippen LogP contribution in [0.5, 0.6) is 0 Å². The number of imidazole rings is 1. The van der Waals surface area contributed by atoms with Crippen LogP contribution in [-0.4, -0.2) is 32.7 Å². The van der Waals surface area contributed by atoms with Crippen molar-refractivity contribution in [2.75, 3.05) is 18.0 Å². The molecule has 0 radical (unpaired) electrons. The van der Waals surface area contributed by atoms with Crippen LogP contribution in [0, 0.1) is 13.8 Å². The lowest BCUT2D eigenvalue weighted by molar-refractivity contribution is 0.871. The van der Waals surface area contributed by atoms with Gasteiger partial charge in [0.05, 0.1) is 0 Å². The molecule has 118 valence electrons. The second-order valence-electron chi connectivity index (χ2n) is 6.08. The molecule has 3 heterocycles. The number of aryl methyl sites for hydroxylation is 2. The first-order chi connectivity index (χ1) is 11.1. The van der Waals surface area contributed by atoms with E-state index in [1.807, 2.05) is 30.5 Å². The van der Waals surface area contributed by atoms with E-state index in [1.54, 1.807) is 6.20 Å². The fourth-order valence-corrected chi connectivity index (χ4v) is 3.38. The third-order valence-electron chi connectivity index (χ3n) is 4.46. The van der Waals surface area contributed by atoms with E-state index < -0.39 is 0 Å². The van der Waals surface area contributed by atoms with E-state index in [9.17, 15) is 0 Å². The van der Waals surface area contributed by atoms with Crippen molar-refractivity contribution in [1.82, 2.24) is 19.6 Å². The largest absolute Gasteiger partial charge is 0.352 e. The first-order valence-corrected chi connectivity index (χ1v) is 8.25. The second-order valence-corrected chi connectivity index (χ2v) is 6.49. The Bertz CT molecular complexity index is 880. The van der Waals surface area contributed by atoms with E-state index in [2.05, 4.69) is 26.1 Å². The molecule has 0 spiro atoms. The summed E-state index contributed by atoms with van der Waals surface area (Å²) in [7, 11) is 0. The molecular formula is C17H18ClN5. The van der Waals surface area contributed by atoms with Crippen molar-refractivity contribution in [3.63, 3.8) is 0 Å². The molecule has 0 amide bonds. The highest BCUT2D eigenvalue weighted by Gasteiger charge is 2.20. The van der Waals surface area contributed by atoms with E-state index in [0.717, 1.165) is 52.1 Å². The minimum atomic E-state index is 0.773. The van der Waals surface area contributed by atoms with Crippen molar-refractivity contribution in [2.45, 2.75) is 26.7 Å².